The van der Waals surface area contributed by atoms with Gasteiger partial charge in [-0.05, 0) is 48.7 Å². The summed E-state index contributed by atoms with van der Waals surface area (Å²) in [5.74, 6) is 0.271. The van der Waals surface area contributed by atoms with Crippen molar-refractivity contribution in [3.05, 3.63) is 48.0 Å². The number of fused-ring (bicyclic) bond motifs is 1. The van der Waals surface area contributed by atoms with E-state index in [0.29, 0.717) is 11.5 Å². The van der Waals surface area contributed by atoms with Gasteiger partial charge in [0, 0.05) is 10.6 Å². The Morgan fingerprint density at radius 3 is 2.68 bits per heavy atom. The largest absolute Gasteiger partial charge is 0.465 e. The summed E-state index contributed by atoms with van der Waals surface area (Å²) in [5.41, 5.74) is 3.02. The van der Waals surface area contributed by atoms with Crippen molar-refractivity contribution in [2.24, 2.45) is 0 Å². The van der Waals surface area contributed by atoms with Crippen molar-refractivity contribution in [1.29, 1.82) is 0 Å². The van der Waals surface area contributed by atoms with Crippen LogP contribution < -0.4 is 5.32 Å². The molecule has 1 heterocycles. The normalized spacial score (nSPS) is 10.6. The molecule has 0 fully saturated rings. The van der Waals surface area contributed by atoms with Crippen molar-refractivity contribution in [1.82, 2.24) is 9.97 Å². The molecular weight excluding hydrogens is 298 g/mol. The van der Waals surface area contributed by atoms with Gasteiger partial charge >= 0.3 is 5.97 Å². The first kappa shape index (κ1) is 14.5. The molecule has 0 spiro atoms. The van der Waals surface area contributed by atoms with E-state index in [1.165, 1.54) is 12.0 Å². The lowest BCUT2D eigenvalue weighted by Crippen LogP contribution is -2.00. The average Bonchev–Trinajstić information content (AvgIpc) is 2.96. The van der Waals surface area contributed by atoms with E-state index in [0.717, 1.165) is 16.7 Å². The monoisotopic (exact) mass is 313 g/mol. The van der Waals surface area contributed by atoms with Crippen LogP contribution in [-0.2, 0) is 4.74 Å². The number of nitrogens with one attached hydrogen (secondary N) is 2. The summed E-state index contributed by atoms with van der Waals surface area (Å²) in [5, 5.41) is 3.22. The van der Waals surface area contributed by atoms with Crippen molar-refractivity contribution >= 4 is 40.4 Å². The Balaban J connectivity index is 1.86. The second-order valence-electron chi connectivity index (χ2n) is 4.66. The molecule has 112 valence electrons. The predicted octanol–water partition coefficient (Wildman–Crippen LogP) is 3.82. The molecule has 5 nitrogen and oxygen atoms in total. The quantitative estimate of drug-likeness (QED) is 0.566. The SMILES string of the molecule is COC(=O)c1ccc2nc(Nc3ccc(SC)cc3)[nH]c2c1. The third-order valence-corrected chi connectivity index (χ3v) is 4.00. The van der Waals surface area contributed by atoms with Crippen molar-refractivity contribution in [3.8, 4) is 0 Å². The van der Waals surface area contributed by atoms with Gasteiger partial charge in [-0.15, -0.1) is 11.8 Å². The van der Waals surface area contributed by atoms with Crippen molar-refractivity contribution in [3.63, 3.8) is 0 Å². The molecule has 0 saturated heterocycles. The number of esters is 1. The van der Waals surface area contributed by atoms with E-state index in [1.54, 1.807) is 30.0 Å². The first-order chi connectivity index (χ1) is 10.7. The molecule has 2 N–H and O–H groups in total. The minimum Gasteiger partial charge on any atom is -0.465 e. The number of imidazole rings is 1. The predicted molar refractivity (Wildman–Crippen MR) is 88.9 cm³/mol. The number of hydrogen-bond acceptors (Lipinski definition) is 5. The number of rotatable bonds is 4. The number of methoxy groups -OCH3 is 1. The van der Waals surface area contributed by atoms with Crippen molar-refractivity contribution in [2.45, 2.75) is 4.90 Å². The smallest absolute Gasteiger partial charge is 0.337 e. The summed E-state index contributed by atoms with van der Waals surface area (Å²) in [6, 6.07) is 13.3. The number of nitrogens with zero attached hydrogens (tertiary/aromatic N) is 1. The minimum absolute atomic E-state index is 0.362. The van der Waals surface area contributed by atoms with Crippen LogP contribution in [0.25, 0.3) is 11.0 Å². The van der Waals surface area contributed by atoms with Gasteiger partial charge in [0.25, 0.3) is 0 Å². The van der Waals surface area contributed by atoms with E-state index >= 15 is 0 Å². The summed E-state index contributed by atoms with van der Waals surface area (Å²) in [6.45, 7) is 0. The summed E-state index contributed by atoms with van der Waals surface area (Å²) in [4.78, 5) is 20.4. The number of aromatic nitrogens is 2. The maximum atomic E-state index is 11.5. The van der Waals surface area contributed by atoms with Gasteiger partial charge < -0.3 is 15.0 Å². The van der Waals surface area contributed by atoms with Crippen LogP contribution in [0.2, 0.25) is 0 Å². The molecule has 0 aliphatic heterocycles. The topological polar surface area (TPSA) is 67.0 Å². The third kappa shape index (κ3) is 2.92. The first-order valence-electron chi connectivity index (χ1n) is 6.69. The maximum Gasteiger partial charge on any atom is 0.337 e. The Morgan fingerprint density at radius 1 is 1.23 bits per heavy atom. The van der Waals surface area contributed by atoms with Gasteiger partial charge in [-0.25, -0.2) is 9.78 Å². The standard InChI is InChI=1S/C16H15N3O2S/c1-21-15(20)10-3-8-13-14(9-10)19-16(18-13)17-11-4-6-12(22-2)7-5-11/h3-9H,1-2H3,(H2,17,18,19). The fraction of sp³-hybridized carbons (Fsp3) is 0.125. The van der Waals surface area contributed by atoms with E-state index in [2.05, 4.69) is 15.3 Å². The number of carbonyl (C=O) groups excluding carboxylic acids is 1. The van der Waals surface area contributed by atoms with Crippen LogP contribution >= 0.6 is 11.8 Å². The highest BCUT2D eigenvalue weighted by Gasteiger charge is 2.09. The summed E-state index contributed by atoms with van der Waals surface area (Å²) in [7, 11) is 1.37. The molecule has 2 aromatic carbocycles. The molecule has 0 bridgehead atoms. The number of aromatic amines is 1. The van der Waals surface area contributed by atoms with Gasteiger partial charge in [-0.2, -0.15) is 0 Å². The van der Waals surface area contributed by atoms with E-state index in [-0.39, 0.29) is 5.97 Å². The maximum absolute atomic E-state index is 11.5. The van der Waals surface area contributed by atoms with Gasteiger partial charge in [0.15, 0.2) is 0 Å². The highest BCUT2D eigenvalue weighted by molar-refractivity contribution is 7.98. The van der Waals surface area contributed by atoms with Gasteiger partial charge in [0.2, 0.25) is 5.95 Å². The zero-order valence-corrected chi connectivity index (χ0v) is 13.0. The lowest BCUT2D eigenvalue weighted by Gasteiger charge is -2.03. The van der Waals surface area contributed by atoms with Crippen molar-refractivity contribution in [2.75, 3.05) is 18.7 Å². The van der Waals surface area contributed by atoms with Gasteiger partial charge in [-0.1, -0.05) is 0 Å². The third-order valence-electron chi connectivity index (χ3n) is 3.26. The second-order valence-corrected chi connectivity index (χ2v) is 5.54. The number of thioether (sulfide) groups is 1. The summed E-state index contributed by atoms with van der Waals surface area (Å²) in [6.07, 6.45) is 2.04. The van der Waals surface area contributed by atoms with E-state index in [9.17, 15) is 4.79 Å². The Bertz CT molecular complexity index is 812. The number of hydrogen-bond donors (Lipinski definition) is 2. The molecule has 0 saturated carbocycles. The number of carbonyl (C=O) groups is 1. The average molecular weight is 313 g/mol. The Morgan fingerprint density at radius 2 is 2.00 bits per heavy atom. The highest BCUT2D eigenvalue weighted by atomic mass is 32.2. The highest BCUT2D eigenvalue weighted by Crippen LogP contribution is 2.22. The lowest BCUT2D eigenvalue weighted by atomic mass is 10.2. The molecule has 0 amide bonds. The second kappa shape index (κ2) is 6.11. The first-order valence-corrected chi connectivity index (χ1v) is 7.91. The van der Waals surface area contributed by atoms with Crippen LogP contribution in [0.15, 0.2) is 47.4 Å². The van der Waals surface area contributed by atoms with Crippen molar-refractivity contribution < 1.29 is 9.53 Å². The fourth-order valence-electron chi connectivity index (χ4n) is 2.12. The Hall–Kier alpha value is -2.47. The van der Waals surface area contributed by atoms with Crippen LogP contribution in [0, 0.1) is 0 Å². The van der Waals surface area contributed by atoms with Gasteiger partial charge in [-0.3, -0.25) is 0 Å². The molecule has 3 aromatic rings. The molecule has 0 unspecified atom stereocenters. The molecule has 0 aliphatic carbocycles. The molecule has 0 radical (unpaired) electrons. The minimum atomic E-state index is -0.362. The summed E-state index contributed by atoms with van der Waals surface area (Å²) >= 11 is 1.70. The summed E-state index contributed by atoms with van der Waals surface area (Å²) < 4.78 is 4.72. The zero-order chi connectivity index (χ0) is 15.5. The van der Waals surface area contributed by atoms with E-state index in [1.807, 2.05) is 30.5 Å². The van der Waals surface area contributed by atoms with E-state index in [4.69, 9.17) is 4.74 Å². The fourth-order valence-corrected chi connectivity index (χ4v) is 2.53. The van der Waals surface area contributed by atoms with Crippen LogP contribution in [0.1, 0.15) is 10.4 Å². The molecule has 0 aliphatic rings. The number of benzene rings is 2. The number of anilines is 2. The molecule has 3 rings (SSSR count). The Kier molecular flexibility index (Phi) is 4.02. The zero-order valence-electron chi connectivity index (χ0n) is 12.2. The molecule has 22 heavy (non-hydrogen) atoms. The molecule has 1 aromatic heterocycles. The number of H-pyrrole nitrogens is 1. The lowest BCUT2D eigenvalue weighted by molar-refractivity contribution is 0.0601. The number of ether oxygens (including phenoxy) is 1. The molecule has 6 heteroatoms. The van der Waals surface area contributed by atoms with Crippen LogP contribution in [0.4, 0.5) is 11.6 Å². The van der Waals surface area contributed by atoms with Gasteiger partial charge in [0.1, 0.15) is 0 Å². The van der Waals surface area contributed by atoms with Crippen LogP contribution in [0.5, 0.6) is 0 Å². The van der Waals surface area contributed by atoms with Gasteiger partial charge in [0.05, 0.1) is 23.7 Å². The Labute approximate surface area is 132 Å². The van der Waals surface area contributed by atoms with Crippen LogP contribution in [-0.4, -0.2) is 29.3 Å². The molecular formula is C16H15N3O2S. The van der Waals surface area contributed by atoms with Crippen LogP contribution in [0.3, 0.4) is 0 Å². The van der Waals surface area contributed by atoms with E-state index < -0.39 is 0 Å². The molecule has 0 atom stereocenters.